The van der Waals surface area contributed by atoms with Gasteiger partial charge in [0.25, 0.3) is 5.56 Å². The number of aromatic amines is 1. The molecule has 0 aliphatic carbocycles. The normalized spacial score (nSPS) is 10.7. The molecule has 0 radical (unpaired) electrons. The average molecular weight is 337 g/mol. The smallest absolute Gasteiger partial charge is 0.330 e. The highest BCUT2D eigenvalue weighted by atomic mass is 35.5. The third-order valence-corrected chi connectivity index (χ3v) is 3.92. The molecule has 0 aliphatic heterocycles. The van der Waals surface area contributed by atoms with Crippen LogP contribution in [0.3, 0.4) is 0 Å². The van der Waals surface area contributed by atoms with Crippen LogP contribution in [0, 0.1) is 0 Å². The van der Waals surface area contributed by atoms with Gasteiger partial charge in [0.05, 0.1) is 0 Å². The Labute approximate surface area is 139 Å². The van der Waals surface area contributed by atoms with Gasteiger partial charge in [-0.2, -0.15) is 0 Å². The van der Waals surface area contributed by atoms with E-state index in [4.69, 9.17) is 17.3 Å². The van der Waals surface area contributed by atoms with Crippen molar-refractivity contribution in [2.75, 3.05) is 17.7 Å². The molecule has 2 rings (SSSR count). The van der Waals surface area contributed by atoms with Crippen molar-refractivity contribution in [1.82, 2.24) is 9.55 Å². The first-order chi connectivity index (χ1) is 10.9. The number of nitrogens with zero attached hydrogens (tertiary/aromatic N) is 2. The number of hydrogen-bond donors (Lipinski definition) is 2. The van der Waals surface area contributed by atoms with Crippen LogP contribution in [-0.2, 0) is 13.1 Å². The van der Waals surface area contributed by atoms with Gasteiger partial charge in [0.2, 0.25) is 0 Å². The van der Waals surface area contributed by atoms with E-state index in [0.29, 0.717) is 23.8 Å². The zero-order valence-corrected chi connectivity index (χ0v) is 14.1. The summed E-state index contributed by atoms with van der Waals surface area (Å²) in [5.74, 6) is 0.198. The highest BCUT2D eigenvalue weighted by Gasteiger charge is 2.16. The summed E-state index contributed by atoms with van der Waals surface area (Å²) in [4.78, 5) is 28.2. The van der Waals surface area contributed by atoms with Gasteiger partial charge in [-0.25, -0.2) is 4.79 Å². The second-order valence-corrected chi connectivity index (χ2v) is 5.92. The van der Waals surface area contributed by atoms with Gasteiger partial charge in [-0.1, -0.05) is 37.1 Å². The summed E-state index contributed by atoms with van der Waals surface area (Å²) in [6, 6.07) is 7.35. The Balaban J connectivity index is 2.35. The minimum atomic E-state index is -0.475. The summed E-state index contributed by atoms with van der Waals surface area (Å²) in [6.07, 6.45) is 1.75. The first-order valence-electron chi connectivity index (χ1n) is 7.52. The highest BCUT2D eigenvalue weighted by molar-refractivity contribution is 6.30. The molecule has 6 nitrogen and oxygen atoms in total. The van der Waals surface area contributed by atoms with Crippen molar-refractivity contribution in [3.8, 4) is 0 Å². The molecule has 3 N–H and O–H groups in total. The maximum absolute atomic E-state index is 12.2. The summed E-state index contributed by atoms with van der Waals surface area (Å²) in [5.41, 5.74) is 6.43. The molecule has 0 fully saturated rings. The number of aromatic nitrogens is 2. The second-order valence-electron chi connectivity index (χ2n) is 5.48. The monoisotopic (exact) mass is 336 g/mol. The molecule has 0 spiro atoms. The van der Waals surface area contributed by atoms with E-state index in [1.54, 1.807) is 24.1 Å². The van der Waals surface area contributed by atoms with Gasteiger partial charge < -0.3 is 10.6 Å². The van der Waals surface area contributed by atoms with E-state index < -0.39 is 11.2 Å². The fourth-order valence-electron chi connectivity index (χ4n) is 2.43. The van der Waals surface area contributed by atoms with Crippen LogP contribution >= 0.6 is 11.6 Å². The summed E-state index contributed by atoms with van der Waals surface area (Å²) < 4.78 is 1.42. The molecule has 1 aromatic carbocycles. The van der Waals surface area contributed by atoms with Crippen molar-refractivity contribution in [2.45, 2.75) is 32.9 Å². The molecular weight excluding hydrogens is 316 g/mol. The zero-order chi connectivity index (χ0) is 17.0. The van der Waals surface area contributed by atoms with Crippen LogP contribution < -0.4 is 21.9 Å². The summed E-state index contributed by atoms with van der Waals surface area (Å²) in [5, 5.41) is 0.655. The minimum Gasteiger partial charge on any atom is -0.383 e. The van der Waals surface area contributed by atoms with Gasteiger partial charge in [0.15, 0.2) is 0 Å². The predicted octanol–water partition coefficient (Wildman–Crippen LogP) is 2.21. The molecule has 0 amide bonds. The quantitative estimate of drug-likeness (QED) is 0.847. The lowest BCUT2D eigenvalue weighted by molar-refractivity contribution is 0.603. The summed E-state index contributed by atoms with van der Waals surface area (Å²) in [7, 11) is 1.77. The molecule has 0 saturated carbocycles. The molecule has 1 heterocycles. The number of anilines is 2. The van der Waals surface area contributed by atoms with E-state index in [-0.39, 0.29) is 5.82 Å². The number of hydrogen-bond acceptors (Lipinski definition) is 4. The topological polar surface area (TPSA) is 84.1 Å². The van der Waals surface area contributed by atoms with E-state index in [9.17, 15) is 9.59 Å². The first kappa shape index (κ1) is 17.1. The third-order valence-electron chi connectivity index (χ3n) is 3.66. The standard InChI is InChI=1S/C16H21ClN4O2/c1-3-4-9-21-14(18)13(15(22)19-16(21)23)20(2)10-11-5-7-12(17)8-6-11/h5-8H,3-4,9-10,18H2,1-2H3,(H,19,22,23). The van der Waals surface area contributed by atoms with Gasteiger partial charge in [0.1, 0.15) is 11.5 Å². The van der Waals surface area contributed by atoms with Gasteiger partial charge in [-0.05, 0) is 24.1 Å². The Hall–Kier alpha value is -2.21. The Bertz CT molecular complexity index is 780. The Kier molecular flexibility index (Phi) is 5.50. The van der Waals surface area contributed by atoms with E-state index in [2.05, 4.69) is 4.98 Å². The number of nitrogen functional groups attached to an aromatic ring is 1. The van der Waals surface area contributed by atoms with Crippen LogP contribution in [0.4, 0.5) is 11.5 Å². The van der Waals surface area contributed by atoms with Gasteiger partial charge in [-0.3, -0.25) is 14.3 Å². The lowest BCUT2D eigenvalue weighted by Gasteiger charge is -2.22. The largest absolute Gasteiger partial charge is 0.383 e. The Morgan fingerprint density at radius 2 is 1.91 bits per heavy atom. The van der Waals surface area contributed by atoms with Crippen molar-refractivity contribution in [1.29, 1.82) is 0 Å². The molecule has 0 aliphatic rings. The molecule has 0 unspecified atom stereocenters. The third kappa shape index (κ3) is 3.96. The van der Waals surface area contributed by atoms with Crippen LogP contribution in [0.1, 0.15) is 25.3 Å². The zero-order valence-electron chi connectivity index (χ0n) is 13.3. The molecule has 124 valence electrons. The molecule has 1 aromatic heterocycles. The van der Waals surface area contributed by atoms with Crippen LogP contribution in [0.2, 0.25) is 5.02 Å². The number of unbranched alkanes of at least 4 members (excludes halogenated alkanes) is 1. The molecule has 0 bridgehead atoms. The van der Waals surface area contributed by atoms with Crippen LogP contribution in [0.25, 0.3) is 0 Å². The summed E-state index contributed by atoms with van der Waals surface area (Å²) >= 11 is 5.88. The molecule has 23 heavy (non-hydrogen) atoms. The second kappa shape index (κ2) is 7.37. The Morgan fingerprint density at radius 1 is 1.26 bits per heavy atom. The SMILES string of the molecule is CCCCn1c(N)c(N(C)Cc2ccc(Cl)cc2)c(=O)[nH]c1=O. The van der Waals surface area contributed by atoms with Crippen LogP contribution in [0.5, 0.6) is 0 Å². The molecule has 7 heteroatoms. The van der Waals surface area contributed by atoms with Gasteiger partial charge >= 0.3 is 5.69 Å². The van der Waals surface area contributed by atoms with E-state index in [0.717, 1.165) is 18.4 Å². The predicted molar refractivity (Wildman–Crippen MR) is 94.2 cm³/mol. The maximum Gasteiger partial charge on any atom is 0.330 e. The van der Waals surface area contributed by atoms with Crippen molar-refractivity contribution in [3.05, 3.63) is 55.7 Å². The molecular formula is C16H21ClN4O2. The van der Waals surface area contributed by atoms with Crippen molar-refractivity contribution in [2.24, 2.45) is 0 Å². The number of rotatable bonds is 6. The van der Waals surface area contributed by atoms with E-state index in [1.807, 2.05) is 19.1 Å². The lowest BCUT2D eigenvalue weighted by Crippen LogP contribution is -2.37. The molecule has 0 saturated heterocycles. The van der Waals surface area contributed by atoms with E-state index >= 15 is 0 Å². The maximum atomic E-state index is 12.2. The lowest BCUT2D eigenvalue weighted by atomic mass is 10.2. The van der Waals surface area contributed by atoms with Gasteiger partial charge in [0, 0.05) is 25.2 Å². The Morgan fingerprint density at radius 3 is 2.52 bits per heavy atom. The summed E-state index contributed by atoms with van der Waals surface area (Å²) in [6.45, 7) is 3.00. The number of nitrogens with two attached hydrogens (primary N) is 1. The van der Waals surface area contributed by atoms with Crippen LogP contribution in [0.15, 0.2) is 33.9 Å². The average Bonchev–Trinajstić information content (AvgIpc) is 2.49. The fourth-order valence-corrected chi connectivity index (χ4v) is 2.55. The number of nitrogens with one attached hydrogen (secondary N) is 1. The number of benzene rings is 1. The minimum absolute atomic E-state index is 0.198. The molecule has 2 aromatic rings. The van der Waals surface area contributed by atoms with E-state index in [1.165, 1.54) is 4.57 Å². The van der Waals surface area contributed by atoms with Crippen LogP contribution in [-0.4, -0.2) is 16.6 Å². The van der Waals surface area contributed by atoms with Crippen molar-refractivity contribution in [3.63, 3.8) is 0 Å². The fraction of sp³-hybridized carbons (Fsp3) is 0.375. The molecule has 0 atom stereocenters. The van der Waals surface area contributed by atoms with Crippen molar-refractivity contribution < 1.29 is 0 Å². The van der Waals surface area contributed by atoms with Crippen molar-refractivity contribution >= 4 is 23.1 Å². The number of H-pyrrole nitrogens is 1. The highest BCUT2D eigenvalue weighted by Crippen LogP contribution is 2.18. The number of halogens is 1. The van der Waals surface area contributed by atoms with Gasteiger partial charge in [-0.15, -0.1) is 0 Å². The first-order valence-corrected chi connectivity index (χ1v) is 7.90.